The van der Waals surface area contributed by atoms with Crippen LogP contribution in [0.1, 0.15) is 6.42 Å². The molecule has 9 heteroatoms. The highest BCUT2D eigenvalue weighted by atomic mass is 35.5. The fraction of sp³-hybridized carbons (Fsp3) is 0.278. The number of nitrogens with zero attached hydrogens (tertiary/aromatic N) is 4. The molecule has 2 atom stereocenters. The summed E-state index contributed by atoms with van der Waals surface area (Å²) in [5.41, 5.74) is 1.30. The standard InChI is InChI=1S/C18H16Cl2N4O3/c1-27-18(26)17-13(25)4-6-24(17)14-8-12(23-7-5-21-9-23)10-2-3-11(19)15(20)16(10)22-14/h2-3,5,7-9,13,17,25H,4,6H2,1H3/t13?,17-/m1/s1. The molecule has 0 bridgehead atoms. The zero-order valence-electron chi connectivity index (χ0n) is 14.3. The second kappa shape index (κ2) is 6.99. The Balaban J connectivity index is 1.94. The van der Waals surface area contributed by atoms with E-state index in [1.54, 1.807) is 29.7 Å². The van der Waals surface area contributed by atoms with Crippen LogP contribution in [0.25, 0.3) is 16.6 Å². The molecule has 0 spiro atoms. The predicted octanol–water partition coefficient (Wildman–Crippen LogP) is 2.84. The summed E-state index contributed by atoms with van der Waals surface area (Å²) in [5, 5.41) is 11.8. The lowest BCUT2D eigenvalue weighted by atomic mass is 10.1. The number of methoxy groups -OCH3 is 1. The molecule has 0 aliphatic carbocycles. The van der Waals surface area contributed by atoms with Gasteiger partial charge >= 0.3 is 5.97 Å². The van der Waals surface area contributed by atoms with Gasteiger partial charge in [-0.1, -0.05) is 23.2 Å². The first-order valence-corrected chi connectivity index (χ1v) is 9.06. The molecule has 1 aliphatic rings. The molecule has 4 rings (SSSR count). The normalized spacial score (nSPS) is 19.6. The Morgan fingerprint density at radius 1 is 1.37 bits per heavy atom. The number of aliphatic hydroxyl groups is 1. The lowest BCUT2D eigenvalue weighted by molar-refractivity contribution is -0.144. The molecule has 3 aromatic rings. The van der Waals surface area contributed by atoms with Gasteiger partial charge in [0.2, 0.25) is 0 Å². The van der Waals surface area contributed by atoms with Gasteiger partial charge < -0.3 is 19.3 Å². The maximum Gasteiger partial charge on any atom is 0.331 e. The molecule has 1 fully saturated rings. The molecule has 1 N–H and O–H groups in total. The fourth-order valence-electron chi connectivity index (χ4n) is 3.40. The van der Waals surface area contributed by atoms with Crippen LogP contribution in [0, 0.1) is 0 Å². The third-order valence-electron chi connectivity index (χ3n) is 4.72. The Labute approximate surface area is 165 Å². The van der Waals surface area contributed by atoms with Gasteiger partial charge in [0.25, 0.3) is 0 Å². The first kappa shape index (κ1) is 18.0. The number of fused-ring (bicyclic) bond motifs is 1. The molecule has 1 aliphatic heterocycles. The molecular formula is C18H16Cl2N4O3. The summed E-state index contributed by atoms with van der Waals surface area (Å²) in [4.78, 5) is 22.7. The van der Waals surface area contributed by atoms with E-state index >= 15 is 0 Å². The first-order chi connectivity index (χ1) is 13.0. The van der Waals surface area contributed by atoms with Crippen molar-refractivity contribution in [1.29, 1.82) is 0 Å². The molecule has 1 saturated heterocycles. The maximum atomic E-state index is 12.2. The lowest BCUT2D eigenvalue weighted by Gasteiger charge is -2.26. The van der Waals surface area contributed by atoms with Crippen molar-refractivity contribution in [3.05, 3.63) is 47.0 Å². The second-order valence-electron chi connectivity index (χ2n) is 6.24. The van der Waals surface area contributed by atoms with Crippen molar-refractivity contribution in [2.45, 2.75) is 18.6 Å². The number of hydrogen-bond donors (Lipinski definition) is 1. The molecule has 140 valence electrons. The Bertz CT molecular complexity index is 1010. The van der Waals surface area contributed by atoms with Crippen molar-refractivity contribution in [1.82, 2.24) is 14.5 Å². The molecule has 3 heterocycles. The van der Waals surface area contributed by atoms with Crippen molar-refractivity contribution in [2.75, 3.05) is 18.6 Å². The SMILES string of the molecule is COC(=O)[C@H]1C(O)CCN1c1cc(-n2ccnc2)c2ccc(Cl)c(Cl)c2n1. The van der Waals surface area contributed by atoms with Gasteiger partial charge in [-0.25, -0.2) is 14.8 Å². The zero-order chi connectivity index (χ0) is 19.1. The number of carbonyl (C=O) groups is 1. The van der Waals surface area contributed by atoms with E-state index in [1.807, 2.05) is 16.7 Å². The summed E-state index contributed by atoms with van der Waals surface area (Å²) in [6.07, 6.45) is 4.74. The molecule has 0 saturated carbocycles. The van der Waals surface area contributed by atoms with E-state index in [4.69, 9.17) is 27.9 Å². The molecule has 7 nitrogen and oxygen atoms in total. The fourth-order valence-corrected chi connectivity index (χ4v) is 3.76. The summed E-state index contributed by atoms with van der Waals surface area (Å²) in [5.74, 6) is -0.00872. The van der Waals surface area contributed by atoms with E-state index < -0.39 is 18.1 Å². The van der Waals surface area contributed by atoms with Crippen LogP contribution in [0.4, 0.5) is 5.82 Å². The van der Waals surface area contributed by atoms with Crippen molar-refractivity contribution in [2.24, 2.45) is 0 Å². The minimum atomic E-state index is -0.832. The van der Waals surface area contributed by atoms with Crippen LogP contribution >= 0.6 is 23.2 Å². The smallest absolute Gasteiger partial charge is 0.331 e. The van der Waals surface area contributed by atoms with Gasteiger partial charge in [0.1, 0.15) is 5.82 Å². The Kier molecular flexibility index (Phi) is 4.67. The minimum Gasteiger partial charge on any atom is -0.467 e. The quantitative estimate of drug-likeness (QED) is 0.673. The Morgan fingerprint density at radius 3 is 2.89 bits per heavy atom. The number of pyridine rings is 1. The van der Waals surface area contributed by atoms with Gasteiger partial charge in [0.15, 0.2) is 6.04 Å². The number of carbonyl (C=O) groups excluding carboxylic acids is 1. The summed E-state index contributed by atoms with van der Waals surface area (Å²) >= 11 is 12.6. The zero-order valence-corrected chi connectivity index (χ0v) is 15.9. The van der Waals surface area contributed by atoms with E-state index in [2.05, 4.69) is 9.97 Å². The number of rotatable bonds is 3. The highest BCUT2D eigenvalue weighted by Crippen LogP contribution is 2.36. The maximum absolute atomic E-state index is 12.2. The van der Waals surface area contributed by atoms with Crippen molar-refractivity contribution in [3.8, 4) is 5.69 Å². The van der Waals surface area contributed by atoms with Crippen molar-refractivity contribution >= 4 is 45.9 Å². The predicted molar refractivity (Wildman–Crippen MR) is 103 cm³/mol. The Hall–Kier alpha value is -2.35. The monoisotopic (exact) mass is 406 g/mol. The summed E-state index contributed by atoms with van der Waals surface area (Å²) < 4.78 is 6.69. The van der Waals surface area contributed by atoms with Gasteiger partial charge in [-0.15, -0.1) is 0 Å². The Morgan fingerprint density at radius 2 is 2.19 bits per heavy atom. The molecule has 0 amide bonds. The number of benzene rings is 1. The third-order valence-corrected chi connectivity index (χ3v) is 5.52. The number of aromatic nitrogens is 3. The third kappa shape index (κ3) is 3.01. The van der Waals surface area contributed by atoms with Gasteiger partial charge in [-0.3, -0.25) is 0 Å². The van der Waals surface area contributed by atoms with Crippen LogP contribution in [0.15, 0.2) is 36.9 Å². The van der Waals surface area contributed by atoms with Crippen molar-refractivity contribution in [3.63, 3.8) is 0 Å². The molecule has 2 aromatic heterocycles. The number of anilines is 1. The van der Waals surface area contributed by atoms with Gasteiger partial charge in [0.05, 0.1) is 40.8 Å². The van der Waals surface area contributed by atoms with E-state index in [0.29, 0.717) is 34.3 Å². The molecule has 1 unspecified atom stereocenters. The van der Waals surface area contributed by atoms with Crippen LogP contribution in [-0.4, -0.2) is 51.4 Å². The summed E-state index contributed by atoms with van der Waals surface area (Å²) in [7, 11) is 1.30. The van der Waals surface area contributed by atoms with E-state index in [-0.39, 0.29) is 0 Å². The minimum absolute atomic E-state index is 0.326. The highest BCUT2D eigenvalue weighted by Gasteiger charge is 2.40. The average molecular weight is 407 g/mol. The van der Waals surface area contributed by atoms with Crippen LogP contribution in [0.2, 0.25) is 10.0 Å². The lowest BCUT2D eigenvalue weighted by Crippen LogP contribution is -2.43. The van der Waals surface area contributed by atoms with Gasteiger partial charge in [-0.05, 0) is 18.6 Å². The van der Waals surface area contributed by atoms with Crippen LogP contribution in [0.5, 0.6) is 0 Å². The second-order valence-corrected chi connectivity index (χ2v) is 7.03. The molecule has 0 radical (unpaired) electrons. The van der Waals surface area contributed by atoms with Gasteiger partial charge in [0, 0.05) is 30.4 Å². The van der Waals surface area contributed by atoms with Crippen LogP contribution < -0.4 is 4.90 Å². The number of hydrogen-bond acceptors (Lipinski definition) is 6. The number of aliphatic hydroxyl groups excluding tert-OH is 1. The number of imidazole rings is 1. The number of halogens is 2. The van der Waals surface area contributed by atoms with Gasteiger partial charge in [-0.2, -0.15) is 0 Å². The topological polar surface area (TPSA) is 80.5 Å². The van der Waals surface area contributed by atoms with Crippen LogP contribution in [0.3, 0.4) is 0 Å². The van der Waals surface area contributed by atoms with Crippen LogP contribution in [-0.2, 0) is 9.53 Å². The first-order valence-electron chi connectivity index (χ1n) is 8.31. The molecule has 27 heavy (non-hydrogen) atoms. The highest BCUT2D eigenvalue weighted by molar-refractivity contribution is 6.45. The number of esters is 1. The average Bonchev–Trinajstić information content (AvgIpc) is 3.33. The molecule has 1 aromatic carbocycles. The van der Waals surface area contributed by atoms with E-state index in [0.717, 1.165) is 11.1 Å². The largest absolute Gasteiger partial charge is 0.467 e. The van der Waals surface area contributed by atoms with Crippen molar-refractivity contribution < 1.29 is 14.6 Å². The van der Waals surface area contributed by atoms with E-state index in [1.165, 1.54) is 7.11 Å². The summed E-state index contributed by atoms with van der Waals surface area (Å²) in [6.45, 7) is 0.459. The number of ether oxygens (including phenoxy) is 1. The summed E-state index contributed by atoms with van der Waals surface area (Å²) in [6, 6.07) is 4.56. The molecular weight excluding hydrogens is 391 g/mol. The van der Waals surface area contributed by atoms with E-state index in [9.17, 15) is 9.90 Å².